The molecule has 24 heavy (non-hydrogen) atoms. The molecule has 0 aliphatic rings. The van der Waals surface area contributed by atoms with Crippen LogP contribution in [0.2, 0.25) is 19.6 Å². The van der Waals surface area contributed by atoms with Gasteiger partial charge in [0.15, 0.2) is 0 Å². The highest BCUT2D eigenvalue weighted by atomic mass is 28.3. The molecule has 0 amide bonds. The Balaban J connectivity index is 2.06. The van der Waals surface area contributed by atoms with Gasteiger partial charge in [0.1, 0.15) is 0 Å². The molecule has 118 valence electrons. The Kier molecular flexibility index (Phi) is 4.33. The Hall–Kier alpha value is -2.70. The van der Waals surface area contributed by atoms with Crippen LogP contribution in [0.1, 0.15) is 5.56 Å². The molecule has 2 aromatic carbocycles. The monoisotopic (exact) mass is 328 g/mol. The van der Waals surface area contributed by atoms with E-state index < -0.39 is 8.07 Å². The van der Waals surface area contributed by atoms with Gasteiger partial charge in [0.2, 0.25) is 0 Å². The number of nitriles is 1. The van der Waals surface area contributed by atoms with Crippen LogP contribution in [-0.4, -0.2) is 13.1 Å². The number of benzene rings is 2. The van der Waals surface area contributed by atoms with Crippen molar-refractivity contribution in [1.82, 2.24) is 4.98 Å². The van der Waals surface area contributed by atoms with Crippen molar-refractivity contribution >= 4 is 13.3 Å². The molecule has 3 rings (SSSR count). The smallest absolute Gasteiger partial charge is 0.0998 e. The maximum absolute atomic E-state index is 9.41. The van der Waals surface area contributed by atoms with E-state index in [-0.39, 0.29) is 0 Å². The normalized spacial score (nSPS) is 11.1. The summed E-state index contributed by atoms with van der Waals surface area (Å²) in [6.45, 7) is 6.96. The van der Waals surface area contributed by atoms with Crippen LogP contribution in [0.25, 0.3) is 22.4 Å². The van der Waals surface area contributed by atoms with Gasteiger partial charge in [-0.1, -0.05) is 62.1 Å². The SMILES string of the molecule is C[Si](C)(C)c1ccc(-c2ccc(C#N)c(-c3ccccc3)c2)nc1. The molecular weight excluding hydrogens is 308 g/mol. The van der Waals surface area contributed by atoms with Crippen LogP contribution < -0.4 is 5.19 Å². The first-order chi connectivity index (χ1) is 11.5. The fourth-order valence-electron chi connectivity index (χ4n) is 2.67. The van der Waals surface area contributed by atoms with Gasteiger partial charge in [-0.3, -0.25) is 4.98 Å². The molecule has 0 spiro atoms. The zero-order valence-electron chi connectivity index (χ0n) is 14.2. The summed E-state index contributed by atoms with van der Waals surface area (Å²) < 4.78 is 0. The van der Waals surface area contributed by atoms with Crippen molar-refractivity contribution in [3.63, 3.8) is 0 Å². The lowest BCUT2D eigenvalue weighted by molar-refractivity contribution is 1.33. The van der Waals surface area contributed by atoms with Crippen molar-refractivity contribution < 1.29 is 0 Å². The van der Waals surface area contributed by atoms with Crippen LogP contribution in [0.4, 0.5) is 0 Å². The third kappa shape index (κ3) is 3.29. The first kappa shape index (κ1) is 16.2. The van der Waals surface area contributed by atoms with Crippen LogP contribution in [-0.2, 0) is 0 Å². The van der Waals surface area contributed by atoms with Crippen molar-refractivity contribution in [2.75, 3.05) is 0 Å². The average molecular weight is 328 g/mol. The lowest BCUT2D eigenvalue weighted by atomic mass is 9.97. The Morgan fingerprint density at radius 3 is 2.21 bits per heavy atom. The minimum Gasteiger partial charge on any atom is -0.256 e. The third-order valence-corrected chi connectivity index (χ3v) is 6.18. The quantitative estimate of drug-likeness (QED) is 0.646. The molecule has 0 N–H and O–H groups in total. The fraction of sp³-hybridized carbons (Fsp3) is 0.143. The van der Waals surface area contributed by atoms with Crippen molar-refractivity contribution in [3.8, 4) is 28.5 Å². The van der Waals surface area contributed by atoms with E-state index >= 15 is 0 Å². The zero-order chi connectivity index (χ0) is 17.2. The van der Waals surface area contributed by atoms with Gasteiger partial charge in [0, 0.05) is 17.3 Å². The number of hydrogen-bond donors (Lipinski definition) is 0. The Bertz CT molecular complexity index is 886. The van der Waals surface area contributed by atoms with E-state index in [0.29, 0.717) is 5.56 Å². The highest BCUT2D eigenvalue weighted by molar-refractivity contribution is 6.88. The molecule has 1 heterocycles. The maximum atomic E-state index is 9.41. The summed E-state index contributed by atoms with van der Waals surface area (Å²) in [5, 5.41) is 10.8. The van der Waals surface area contributed by atoms with Gasteiger partial charge in [-0.25, -0.2) is 0 Å². The van der Waals surface area contributed by atoms with Gasteiger partial charge in [-0.15, -0.1) is 0 Å². The molecule has 2 nitrogen and oxygen atoms in total. The second-order valence-corrected chi connectivity index (χ2v) is 12.0. The van der Waals surface area contributed by atoms with Crippen molar-refractivity contribution in [2.45, 2.75) is 19.6 Å². The predicted molar refractivity (Wildman–Crippen MR) is 103 cm³/mol. The van der Waals surface area contributed by atoms with Crippen LogP contribution in [0.3, 0.4) is 0 Å². The van der Waals surface area contributed by atoms with E-state index in [1.807, 2.05) is 48.7 Å². The topological polar surface area (TPSA) is 36.7 Å². The van der Waals surface area contributed by atoms with Crippen molar-refractivity contribution in [3.05, 3.63) is 72.4 Å². The molecule has 0 fully saturated rings. The number of pyridine rings is 1. The van der Waals surface area contributed by atoms with Crippen LogP contribution in [0, 0.1) is 11.3 Å². The molecule has 0 aliphatic heterocycles. The molecule has 3 heteroatoms. The molecule has 1 aromatic heterocycles. The number of rotatable bonds is 3. The first-order valence-electron chi connectivity index (χ1n) is 8.05. The van der Waals surface area contributed by atoms with E-state index in [0.717, 1.165) is 22.4 Å². The summed E-state index contributed by atoms with van der Waals surface area (Å²) in [5.41, 5.74) is 4.67. The summed E-state index contributed by atoms with van der Waals surface area (Å²) in [6, 6.07) is 22.5. The van der Waals surface area contributed by atoms with Gasteiger partial charge in [-0.2, -0.15) is 5.26 Å². The minimum absolute atomic E-state index is 0.684. The van der Waals surface area contributed by atoms with Crippen LogP contribution in [0.5, 0.6) is 0 Å². The minimum atomic E-state index is -1.34. The third-order valence-electron chi connectivity index (χ3n) is 4.15. The molecule has 0 unspecified atom stereocenters. The average Bonchev–Trinajstić information content (AvgIpc) is 2.61. The summed E-state index contributed by atoms with van der Waals surface area (Å²) in [6.07, 6.45) is 2.00. The molecule has 0 saturated carbocycles. The van der Waals surface area contributed by atoms with E-state index in [4.69, 9.17) is 0 Å². The largest absolute Gasteiger partial charge is 0.256 e. The summed E-state index contributed by atoms with van der Waals surface area (Å²) in [5.74, 6) is 0. The molecular formula is C21H20N2Si. The molecule has 0 aliphatic carbocycles. The fourth-order valence-corrected chi connectivity index (χ4v) is 3.70. The lowest BCUT2D eigenvalue weighted by Crippen LogP contribution is -2.37. The van der Waals surface area contributed by atoms with Crippen LogP contribution >= 0.6 is 0 Å². The van der Waals surface area contributed by atoms with Gasteiger partial charge in [0.25, 0.3) is 0 Å². The van der Waals surface area contributed by atoms with E-state index in [1.54, 1.807) is 0 Å². The Morgan fingerprint density at radius 1 is 0.875 bits per heavy atom. The zero-order valence-corrected chi connectivity index (χ0v) is 15.2. The van der Waals surface area contributed by atoms with E-state index in [2.05, 4.69) is 48.9 Å². The Labute approximate surface area is 144 Å². The molecule has 0 atom stereocenters. The van der Waals surface area contributed by atoms with Crippen LogP contribution in [0.15, 0.2) is 66.9 Å². The molecule has 0 bridgehead atoms. The second kappa shape index (κ2) is 6.43. The summed E-state index contributed by atoms with van der Waals surface area (Å²) in [7, 11) is -1.34. The number of hydrogen-bond acceptors (Lipinski definition) is 2. The van der Waals surface area contributed by atoms with E-state index in [9.17, 15) is 5.26 Å². The standard InChI is InChI=1S/C21H20N2Si/c1-24(2,3)19-11-12-21(23-15-19)17-9-10-18(14-22)20(13-17)16-7-5-4-6-8-16/h4-13,15H,1-3H3. The maximum Gasteiger partial charge on any atom is 0.0998 e. The highest BCUT2D eigenvalue weighted by Gasteiger charge is 2.16. The van der Waals surface area contributed by atoms with Crippen molar-refractivity contribution in [2.24, 2.45) is 0 Å². The van der Waals surface area contributed by atoms with Gasteiger partial charge < -0.3 is 0 Å². The van der Waals surface area contributed by atoms with Gasteiger partial charge in [-0.05, 0) is 28.9 Å². The van der Waals surface area contributed by atoms with Gasteiger partial charge >= 0.3 is 0 Å². The lowest BCUT2D eigenvalue weighted by Gasteiger charge is -2.16. The van der Waals surface area contributed by atoms with Gasteiger partial charge in [0.05, 0.1) is 25.4 Å². The highest BCUT2D eigenvalue weighted by Crippen LogP contribution is 2.28. The number of nitrogens with zero attached hydrogens (tertiary/aromatic N) is 2. The first-order valence-corrected chi connectivity index (χ1v) is 11.6. The summed E-state index contributed by atoms with van der Waals surface area (Å²) >= 11 is 0. The predicted octanol–water partition coefficient (Wildman–Crippen LogP) is 4.83. The molecule has 0 radical (unpaired) electrons. The van der Waals surface area contributed by atoms with E-state index in [1.165, 1.54) is 5.19 Å². The second-order valence-electron chi connectivity index (χ2n) is 6.92. The number of aromatic nitrogens is 1. The molecule has 0 saturated heterocycles. The Morgan fingerprint density at radius 2 is 1.62 bits per heavy atom. The van der Waals surface area contributed by atoms with Crippen molar-refractivity contribution in [1.29, 1.82) is 5.26 Å². The summed E-state index contributed by atoms with van der Waals surface area (Å²) in [4.78, 5) is 4.66. The molecule has 3 aromatic rings.